The smallest absolute Gasteiger partial charge is 0.305 e. The third-order valence-corrected chi connectivity index (χ3v) is 3.77. The van der Waals surface area contributed by atoms with E-state index < -0.39 is 30.4 Å². The van der Waals surface area contributed by atoms with E-state index in [1.54, 1.807) is 0 Å². The van der Waals surface area contributed by atoms with Gasteiger partial charge in [-0.3, -0.25) is 14.4 Å². The van der Waals surface area contributed by atoms with E-state index in [1.807, 2.05) is 51.1 Å². The van der Waals surface area contributed by atoms with Crippen molar-refractivity contribution in [2.45, 2.75) is 52.2 Å². The molecule has 1 aromatic carbocycles. The van der Waals surface area contributed by atoms with Crippen LogP contribution in [0.4, 0.5) is 0 Å². The highest BCUT2D eigenvalue weighted by molar-refractivity contribution is 5.91. The summed E-state index contributed by atoms with van der Waals surface area (Å²) in [6, 6.07) is 7.30. The molecule has 3 atom stereocenters. The molecule has 0 radical (unpaired) electrons. The monoisotopic (exact) mass is 349 g/mol. The SMILES string of the molecule is C[C@@H](NC(=O)[C@@H](N)CC(=O)O)C(=O)N[C@@H](c1ccccc1)C(C)(C)C. The first-order valence-electron chi connectivity index (χ1n) is 8.15. The third kappa shape index (κ3) is 6.54. The lowest BCUT2D eigenvalue weighted by Crippen LogP contribution is -2.52. The molecule has 0 saturated carbocycles. The van der Waals surface area contributed by atoms with Crippen molar-refractivity contribution in [2.75, 3.05) is 0 Å². The summed E-state index contributed by atoms with van der Waals surface area (Å²) in [6.45, 7) is 7.57. The summed E-state index contributed by atoms with van der Waals surface area (Å²) < 4.78 is 0. The van der Waals surface area contributed by atoms with Crippen LogP contribution in [0.15, 0.2) is 30.3 Å². The fourth-order valence-corrected chi connectivity index (χ4v) is 2.38. The highest BCUT2D eigenvalue weighted by Gasteiger charge is 2.30. The molecule has 138 valence electrons. The minimum Gasteiger partial charge on any atom is -0.481 e. The molecule has 0 aliphatic carbocycles. The number of amides is 2. The Bertz CT molecular complexity index is 610. The number of hydrogen-bond acceptors (Lipinski definition) is 4. The van der Waals surface area contributed by atoms with Crippen LogP contribution >= 0.6 is 0 Å². The van der Waals surface area contributed by atoms with Crippen molar-refractivity contribution in [3.8, 4) is 0 Å². The second-order valence-corrected chi connectivity index (χ2v) is 7.15. The molecule has 7 nitrogen and oxygen atoms in total. The van der Waals surface area contributed by atoms with Gasteiger partial charge in [0.2, 0.25) is 11.8 Å². The van der Waals surface area contributed by atoms with Gasteiger partial charge in [-0.15, -0.1) is 0 Å². The summed E-state index contributed by atoms with van der Waals surface area (Å²) in [5, 5.41) is 14.1. The molecule has 0 aromatic heterocycles. The second-order valence-electron chi connectivity index (χ2n) is 7.15. The van der Waals surface area contributed by atoms with Crippen LogP contribution in [0.25, 0.3) is 0 Å². The van der Waals surface area contributed by atoms with Crippen molar-refractivity contribution in [3.63, 3.8) is 0 Å². The van der Waals surface area contributed by atoms with Crippen molar-refractivity contribution in [1.29, 1.82) is 0 Å². The van der Waals surface area contributed by atoms with E-state index in [2.05, 4.69) is 10.6 Å². The van der Waals surface area contributed by atoms with Crippen molar-refractivity contribution >= 4 is 17.8 Å². The third-order valence-electron chi connectivity index (χ3n) is 3.77. The zero-order valence-corrected chi connectivity index (χ0v) is 15.1. The number of carbonyl (C=O) groups excluding carboxylic acids is 2. The molecule has 0 bridgehead atoms. The maximum absolute atomic E-state index is 12.5. The predicted molar refractivity (Wildman–Crippen MR) is 94.6 cm³/mol. The fourth-order valence-electron chi connectivity index (χ4n) is 2.38. The van der Waals surface area contributed by atoms with E-state index >= 15 is 0 Å². The molecule has 0 spiro atoms. The lowest BCUT2D eigenvalue weighted by Gasteiger charge is -2.33. The average Bonchev–Trinajstić information content (AvgIpc) is 2.51. The van der Waals surface area contributed by atoms with E-state index in [0.717, 1.165) is 5.56 Å². The Kier molecular flexibility index (Phi) is 7.11. The molecule has 2 amide bonds. The molecule has 0 fully saturated rings. The van der Waals surface area contributed by atoms with Gasteiger partial charge in [-0.1, -0.05) is 51.1 Å². The summed E-state index contributed by atoms with van der Waals surface area (Å²) >= 11 is 0. The number of benzene rings is 1. The van der Waals surface area contributed by atoms with Crippen molar-refractivity contribution < 1.29 is 19.5 Å². The zero-order valence-electron chi connectivity index (χ0n) is 15.1. The van der Waals surface area contributed by atoms with Crippen LogP contribution < -0.4 is 16.4 Å². The van der Waals surface area contributed by atoms with E-state index in [0.29, 0.717) is 0 Å². The molecule has 7 heteroatoms. The summed E-state index contributed by atoms with van der Waals surface area (Å²) in [6.07, 6.45) is -0.491. The molecule has 0 saturated heterocycles. The molecule has 0 unspecified atom stereocenters. The van der Waals surface area contributed by atoms with Gasteiger partial charge in [-0.25, -0.2) is 0 Å². The van der Waals surface area contributed by atoms with Crippen molar-refractivity contribution in [3.05, 3.63) is 35.9 Å². The normalized spacial score (nSPS) is 14.9. The van der Waals surface area contributed by atoms with Gasteiger partial charge in [0.1, 0.15) is 6.04 Å². The summed E-state index contributed by atoms with van der Waals surface area (Å²) in [5.74, 6) is -2.20. The van der Waals surface area contributed by atoms with Crippen molar-refractivity contribution in [1.82, 2.24) is 10.6 Å². The molecule has 0 heterocycles. The van der Waals surface area contributed by atoms with Gasteiger partial charge in [-0.05, 0) is 17.9 Å². The fraction of sp³-hybridized carbons (Fsp3) is 0.500. The Morgan fingerprint density at radius 1 is 1.08 bits per heavy atom. The van der Waals surface area contributed by atoms with Gasteiger partial charge >= 0.3 is 5.97 Å². The predicted octanol–water partition coefficient (Wildman–Crippen LogP) is 1.20. The number of carboxylic acids is 1. The van der Waals surface area contributed by atoms with E-state index in [9.17, 15) is 14.4 Å². The van der Waals surface area contributed by atoms with Crippen LogP contribution in [0.5, 0.6) is 0 Å². The lowest BCUT2D eigenvalue weighted by atomic mass is 9.82. The summed E-state index contributed by atoms with van der Waals surface area (Å²) in [7, 11) is 0. The second kappa shape index (κ2) is 8.62. The van der Waals surface area contributed by atoms with Gasteiger partial charge in [-0.2, -0.15) is 0 Å². The average molecular weight is 349 g/mol. The molecular formula is C18H27N3O4. The number of rotatable bonds is 7. The first-order chi connectivity index (χ1) is 11.5. The molecule has 1 aromatic rings. The van der Waals surface area contributed by atoms with E-state index in [1.165, 1.54) is 6.92 Å². The Labute approximate surface area is 148 Å². The standard InChI is InChI=1S/C18H27N3O4/c1-11(20-17(25)13(19)10-14(22)23)16(24)21-15(18(2,3)4)12-8-6-5-7-9-12/h5-9,11,13,15H,10,19H2,1-4H3,(H,20,25)(H,21,24)(H,22,23)/t11-,13+,15+/m1/s1. The molecule has 25 heavy (non-hydrogen) atoms. The first-order valence-corrected chi connectivity index (χ1v) is 8.15. The molecule has 0 aliphatic heterocycles. The number of nitrogens with two attached hydrogens (primary N) is 1. The van der Waals surface area contributed by atoms with Gasteiger partial charge in [0.05, 0.1) is 18.5 Å². The number of nitrogens with one attached hydrogen (secondary N) is 2. The van der Waals surface area contributed by atoms with E-state index in [4.69, 9.17) is 10.8 Å². The number of carbonyl (C=O) groups is 3. The van der Waals surface area contributed by atoms with Crippen molar-refractivity contribution in [2.24, 2.45) is 11.1 Å². The van der Waals surface area contributed by atoms with Gasteiger partial charge < -0.3 is 21.5 Å². The minimum atomic E-state index is -1.19. The molecular weight excluding hydrogens is 322 g/mol. The van der Waals surface area contributed by atoms with Crippen LogP contribution in [0.3, 0.4) is 0 Å². The largest absolute Gasteiger partial charge is 0.481 e. The molecule has 1 rings (SSSR count). The van der Waals surface area contributed by atoms with Crippen LogP contribution in [0.1, 0.15) is 45.7 Å². The highest BCUT2D eigenvalue weighted by Crippen LogP contribution is 2.32. The molecule has 0 aliphatic rings. The Morgan fingerprint density at radius 2 is 1.64 bits per heavy atom. The Hall–Kier alpha value is -2.41. The summed E-state index contributed by atoms with van der Waals surface area (Å²) in [5.41, 5.74) is 6.23. The van der Waals surface area contributed by atoms with Gasteiger partial charge in [0.15, 0.2) is 0 Å². The minimum absolute atomic E-state index is 0.236. The molecule has 5 N–H and O–H groups in total. The van der Waals surface area contributed by atoms with E-state index in [-0.39, 0.29) is 17.4 Å². The van der Waals surface area contributed by atoms with Crippen LogP contribution in [0, 0.1) is 5.41 Å². The highest BCUT2D eigenvalue weighted by atomic mass is 16.4. The van der Waals surface area contributed by atoms with Crippen LogP contribution in [-0.4, -0.2) is 35.0 Å². The first kappa shape index (κ1) is 20.6. The maximum atomic E-state index is 12.5. The zero-order chi connectivity index (χ0) is 19.2. The Balaban J connectivity index is 2.77. The number of carboxylic acid groups (broad SMARTS) is 1. The Morgan fingerprint density at radius 3 is 2.12 bits per heavy atom. The topological polar surface area (TPSA) is 122 Å². The van der Waals surface area contributed by atoms with Crippen LogP contribution in [-0.2, 0) is 14.4 Å². The van der Waals surface area contributed by atoms with Gasteiger partial charge in [0.25, 0.3) is 0 Å². The maximum Gasteiger partial charge on any atom is 0.305 e. The number of aliphatic carboxylic acids is 1. The summed E-state index contributed by atoms with van der Waals surface area (Å²) in [4.78, 5) is 34.9. The van der Waals surface area contributed by atoms with Crippen LogP contribution in [0.2, 0.25) is 0 Å². The quantitative estimate of drug-likeness (QED) is 0.589. The lowest BCUT2D eigenvalue weighted by molar-refractivity contribution is -0.139. The van der Waals surface area contributed by atoms with Gasteiger partial charge in [0, 0.05) is 0 Å². The number of hydrogen-bond donors (Lipinski definition) is 4.